The fraction of sp³-hybridized carbons (Fsp3) is 0.308. The maximum Gasteiger partial charge on any atom is 0.293 e. The van der Waals surface area contributed by atoms with Gasteiger partial charge in [0.15, 0.2) is 0 Å². The van der Waals surface area contributed by atoms with Crippen molar-refractivity contribution in [1.29, 1.82) is 0 Å². The molecule has 1 heterocycles. The van der Waals surface area contributed by atoms with E-state index in [2.05, 4.69) is 15.2 Å². The summed E-state index contributed by atoms with van der Waals surface area (Å²) in [6.07, 6.45) is 0. The average molecular weight is 262 g/mol. The van der Waals surface area contributed by atoms with Gasteiger partial charge >= 0.3 is 0 Å². The van der Waals surface area contributed by atoms with Crippen LogP contribution in [-0.2, 0) is 6.54 Å². The zero-order valence-electron chi connectivity index (χ0n) is 10.9. The summed E-state index contributed by atoms with van der Waals surface area (Å²) in [6, 6.07) is 6.20. The predicted octanol–water partition coefficient (Wildman–Crippen LogP) is 1.91. The minimum atomic E-state index is -0.310. The van der Waals surface area contributed by atoms with Gasteiger partial charge in [0.2, 0.25) is 5.82 Å². The van der Waals surface area contributed by atoms with Gasteiger partial charge in [0.05, 0.1) is 0 Å². The van der Waals surface area contributed by atoms with E-state index in [1.807, 2.05) is 6.92 Å². The van der Waals surface area contributed by atoms with Crippen molar-refractivity contribution in [3.05, 3.63) is 47.3 Å². The SMILES string of the molecule is CCN(Cc1cccc(F)c1)C(=O)c1n[nH]c(C)n1. The number of hydrogen-bond donors (Lipinski definition) is 1. The smallest absolute Gasteiger partial charge is 0.293 e. The molecule has 0 bridgehead atoms. The monoisotopic (exact) mass is 262 g/mol. The van der Waals surface area contributed by atoms with Gasteiger partial charge in [0.25, 0.3) is 5.91 Å². The van der Waals surface area contributed by atoms with E-state index in [0.29, 0.717) is 18.9 Å². The maximum absolute atomic E-state index is 13.1. The molecule has 1 aromatic heterocycles. The highest BCUT2D eigenvalue weighted by Crippen LogP contribution is 2.09. The minimum absolute atomic E-state index is 0.135. The van der Waals surface area contributed by atoms with Crippen molar-refractivity contribution >= 4 is 5.91 Å². The molecule has 0 aliphatic rings. The van der Waals surface area contributed by atoms with E-state index in [-0.39, 0.29) is 17.5 Å². The first-order valence-corrected chi connectivity index (χ1v) is 6.03. The number of nitrogens with one attached hydrogen (secondary N) is 1. The molecule has 0 aliphatic carbocycles. The molecule has 0 saturated heterocycles. The van der Waals surface area contributed by atoms with Gasteiger partial charge in [-0.25, -0.2) is 9.37 Å². The zero-order valence-corrected chi connectivity index (χ0v) is 10.9. The first kappa shape index (κ1) is 13.2. The largest absolute Gasteiger partial charge is 0.332 e. The van der Waals surface area contributed by atoms with Crippen molar-refractivity contribution in [3.8, 4) is 0 Å². The Morgan fingerprint density at radius 1 is 1.47 bits per heavy atom. The number of H-pyrrole nitrogens is 1. The molecule has 0 fully saturated rings. The second-order valence-corrected chi connectivity index (χ2v) is 4.19. The molecule has 0 spiro atoms. The quantitative estimate of drug-likeness (QED) is 0.915. The summed E-state index contributed by atoms with van der Waals surface area (Å²) in [6.45, 7) is 4.42. The summed E-state index contributed by atoms with van der Waals surface area (Å²) >= 11 is 0. The van der Waals surface area contributed by atoms with Crippen LogP contribution in [0.4, 0.5) is 4.39 Å². The summed E-state index contributed by atoms with van der Waals surface area (Å²) in [5.41, 5.74) is 0.738. The summed E-state index contributed by atoms with van der Waals surface area (Å²) < 4.78 is 13.1. The van der Waals surface area contributed by atoms with E-state index < -0.39 is 0 Å². The Morgan fingerprint density at radius 3 is 2.84 bits per heavy atom. The number of rotatable bonds is 4. The Kier molecular flexibility index (Phi) is 3.89. The molecule has 6 heteroatoms. The number of benzene rings is 1. The number of aryl methyl sites for hydroxylation is 1. The van der Waals surface area contributed by atoms with E-state index >= 15 is 0 Å². The van der Waals surface area contributed by atoms with Gasteiger partial charge in [0, 0.05) is 13.1 Å². The molecule has 1 aromatic carbocycles. The highest BCUT2D eigenvalue weighted by atomic mass is 19.1. The minimum Gasteiger partial charge on any atom is -0.332 e. The molecule has 0 radical (unpaired) electrons. The third-order valence-electron chi connectivity index (χ3n) is 2.72. The van der Waals surface area contributed by atoms with Crippen LogP contribution in [0.3, 0.4) is 0 Å². The molecule has 2 aromatic rings. The zero-order chi connectivity index (χ0) is 13.8. The van der Waals surface area contributed by atoms with Crippen LogP contribution in [0.5, 0.6) is 0 Å². The molecular weight excluding hydrogens is 247 g/mol. The summed E-state index contributed by atoms with van der Waals surface area (Å²) in [4.78, 5) is 17.7. The van der Waals surface area contributed by atoms with E-state index in [4.69, 9.17) is 0 Å². The third-order valence-corrected chi connectivity index (χ3v) is 2.72. The van der Waals surface area contributed by atoms with Gasteiger partial charge < -0.3 is 4.90 Å². The molecule has 5 nitrogen and oxygen atoms in total. The van der Waals surface area contributed by atoms with Crippen molar-refractivity contribution in [2.75, 3.05) is 6.54 Å². The molecule has 19 heavy (non-hydrogen) atoms. The van der Waals surface area contributed by atoms with Crippen LogP contribution in [0.25, 0.3) is 0 Å². The van der Waals surface area contributed by atoms with E-state index in [9.17, 15) is 9.18 Å². The van der Waals surface area contributed by atoms with Gasteiger partial charge in [0.1, 0.15) is 11.6 Å². The number of aromatic nitrogens is 3. The number of carbonyl (C=O) groups is 1. The van der Waals surface area contributed by atoms with Crippen LogP contribution < -0.4 is 0 Å². The van der Waals surface area contributed by atoms with Crippen LogP contribution in [-0.4, -0.2) is 32.5 Å². The molecule has 100 valence electrons. The Balaban J connectivity index is 2.14. The normalized spacial score (nSPS) is 10.5. The van der Waals surface area contributed by atoms with E-state index in [0.717, 1.165) is 5.56 Å². The van der Waals surface area contributed by atoms with Crippen LogP contribution in [0.2, 0.25) is 0 Å². The molecule has 0 aliphatic heterocycles. The highest BCUT2D eigenvalue weighted by molar-refractivity contribution is 5.90. The van der Waals surface area contributed by atoms with Crippen LogP contribution in [0, 0.1) is 12.7 Å². The standard InChI is InChI=1S/C13H15FN4O/c1-3-18(8-10-5-4-6-11(14)7-10)13(19)12-15-9(2)16-17-12/h4-7H,3,8H2,1-2H3,(H,15,16,17). The van der Waals surface area contributed by atoms with Crippen LogP contribution in [0.1, 0.15) is 28.9 Å². The molecule has 2 rings (SSSR count). The molecule has 1 N–H and O–H groups in total. The molecule has 0 atom stereocenters. The predicted molar refractivity (Wildman–Crippen MR) is 67.9 cm³/mol. The first-order chi connectivity index (χ1) is 9.10. The maximum atomic E-state index is 13.1. The van der Waals surface area contributed by atoms with Crippen molar-refractivity contribution in [1.82, 2.24) is 20.1 Å². The van der Waals surface area contributed by atoms with Crippen molar-refractivity contribution in [3.63, 3.8) is 0 Å². The molecule has 0 saturated carbocycles. The van der Waals surface area contributed by atoms with Gasteiger partial charge in [-0.3, -0.25) is 9.89 Å². The number of hydrogen-bond acceptors (Lipinski definition) is 3. The van der Waals surface area contributed by atoms with Gasteiger partial charge in [-0.05, 0) is 31.5 Å². The fourth-order valence-electron chi connectivity index (χ4n) is 1.76. The highest BCUT2D eigenvalue weighted by Gasteiger charge is 2.18. The Morgan fingerprint density at radius 2 is 2.26 bits per heavy atom. The van der Waals surface area contributed by atoms with Gasteiger partial charge in [-0.15, -0.1) is 5.10 Å². The molecular formula is C13H15FN4O. The van der Waals surface area contributed by atoms with Crippen molar-refractivity contribution in [2.24, 2.45) is 0 Å². The number of carbonyl (C=O) groups excluding carboxylic acids is 1. The topological polar surface area (TPSA) is 61.9 Å². The molecule has 0 unspecified atom stereocenters. The van der Waals surface area contributed by atoms with Crippen LogP contribution >= 0.6 is 0 Å². The lowest BCUT2D eigenvalue weighted by atomic mass is 10.2. The summed E-state index contributed by atoms with van der Waals surface area (Å²) in [5.74, 6) is 0.145. The number of nitrogens with zero attached hydrogens (tertiary/aromatic N) is 3. The van der Waals surface area contributed by atoms with Gasteiger partial charge in [-0.1, -0.05) is 12.1 Å². The lowest BCUT2D eigenvalue weighted by molar-refractivity contribution is 0.0740. The Bertz CT molecular complexity index is 582. The Labute approximate surface area is 110 Å². The van der Waals surface area contributed by atoms with Crippen molar-refractivity contribution < 1.29 is 9.18 Å². The Hall–Kier alpha value is -2.24. The van der Waals surface area contributed by atoms with E-state index in [1.54, 1.807) is 24.0 Å². The number of halogens is 1. The second kappa shape index (κ2) is 5.60. The number of aromatic amines is 1. The first-order valence-electron chi connectivity index (χ1n) is 6.03. The van der Waals surface area contributed by atoms with Crippen LogP contribution in [0.15, 0.2) is 24.3 Å². The summed E-state index contributed by atoms with van der Waals surface area (Å²) in [5, 5.41) is 6.48. The lowest BCUT2D eigenvalue weighted by Gasteiger charge is -2.19. The summed E-state index contributed by atoms with van der Waals surface area (Å²) in [7, 11) is 0. The molecule has 1 amide bonds. The lowest BCUT2D eigenvalue weighted by Crippen LogP contribution is -2.31. The second-order valence-electron chi connectivity index (χ2n) is 4.19. The van der Waals surface area contributed by atoms with Gasteiger partial charge in [-0.2, -0.15) is 0 Å². The third kappa shape index (κ3) is 3.15. The van der Waals surface area contributed by atoms with E-state index in [1.165, 1.54) is 12.1 Å². The fourth-order valence-corrected chi connectivity index (χ4v) is 1.76. The van der Waals surface area contributed by atoms with Crippen molar-refractivity contribution in [2.45, 2.75) is 20.4 Å². The number of amides is 1. The average Bonchev–Trinajstić information content (AvgIpc) is 2.82.